The van der Waals surface area contributed by atoms with Crippen LogP contribution in [-0.2, 0) is 27.2 Å². The highest BCUT2D eigenvalue weighted by molar-refractivity contribution is 5.85. The first-order chi connectivity index (χ1) is 31.5. The van der Waals surface area contributed by atoms with Crippen LogP contribution in [0.3, 0.4) is 0 Å². The lowest BCUT2D eigenvalue weighted by atomic mass is 9.95. The molecule has 2 aromatic carbocycles. The largest absolute Gasteiger partial charge is 0.573 e. The molecule has 6 rings (SSSR count). The molecule has 368 valence electrons. The van der Waals surface area contributed by atoms with E-state index < -0.39 is 18.7 Å². The van der Waals surface area contributed by atoms with Gasteiger partial charge in [0.25, 0.3) is 0 Å². The molecule has 0 unspecified atom stereocenters. The van der Waals surface area contributed by atoms with Gasteiger partial charge in [-0.05, 0) is 92.7 Å². The SMILES string of the molecule is CCOC(=O)C[C@@H]1CCCN(c2cc(NCCc3ccc(OC(F)(F)F)cc3)nc(OC)n2)C1.COc1nc(NCCc2ccc(OC(F)(F)F)cc2)cc(N2CCC[C@@H](CC(=O)O)C2)n1.Cl. The Balaban J connectivity index is 0.000000289. The minimum Gasteiger partial charge on any atom is -0.481 e. The molecule has 0 saturated carbocycles. The van der Waals surface area contributed by atoms with Crippen molar-refractivity contribution in [2.45, 2.75) is 71.0 Å². The summed E-state index contributed by atoms with van der Waals surface area (Å²) >= 11 is 0. The number of nitrogens with zero attached hydrogens (tertiary/aromatic N) is 6. The molecule has 0 aliphatic carbocycles. The van der Waals surface area contributed by atoms with Gasteiger partial charge in [0.2, 0.25) is 0 Å². The van der Waals surface area contributed by atoms with Gasteiger partial charge in [-0.2, -0.15) is 19.9 Å². The molecule has 2 aromatic heterocycles. The number of alkyl halides is 6. The summed E-state index contributed by atoms with van der Waals surface area (Å²) in [4.78, 5) is 44.5. The van der Waals surface area contributed by atoms with E-state index in [0.29, 0.717) is 75.3 Å². The average molecular weight is 973 g/mol. The number of carbonyl (C=O) groups excluding carboxylic acids is 1. The van der Waals surface area contributed by atoms with E-state index in [1.54, 1.807) is 37.3 Å². The van der Waals surface area contributed by atoms with Crippen LogP contribution >= 0.6 is 12.4 Å². The number of rotatable bonds is 19. The number of halogens is 7. The van der Waals surface area contributed by atoms with Crippen LogP contribution in [0.15, 0.2) is 60.7 Å². The number of esters is 1. The van der Waals surface area contributed by atoms with Crippen LogP contribution in [0.5, 0.6) is 23.5 Å². The number of carboxylic acids is 1. The first kappa shape index (κ1) is 53.4. The van der Waals surface area contributed by atoms with E-state index in [2.05, 4.69) is 44.9 Å². The van der Waals surface area contributed by atoms with Crippen LogP contribution in [0.1, 0.15) is 56.6 Å². The fraction of sp³-hybridized carbons (Fsp3) is 0.500. The van der Waals surface area contributed by atoms with E-state index in [0.717, 1.165) is 49.9 Å². The number of anilines is 4. The lowest BCUT2D eigenvalue weighted by molar-refractivity contribution is -0.275. The number of aliphatic carboxylic acids is 1. The Hall–Kier alpha value is -6.19. The highest BCUT2D eigenvalue weighted by atomic mass is 35.5. The third-order valence-corrected chi connectivity index (χ3v) is 10.4. The van der Waals surface area contributed by atoms with Crippen LogP contribution in [-0.4, -0.2) is 110 Å². The quantitative estimate of drug-likeness (QED) is 0.0602. The van der Waals surface area contributed by atoms with Crippen molar-refractivity contribution in [2.75, 3.05) is 80.5 Å². The molecular weight excluding hydrogens is 918 g/mol. The van der Waals surface area contributed by atoms with Gasteiger partial charge in [-0.1, -0.05) is 24.3 Å². The zero-order valence-electron chi connectivity index (χ0n) is 37.2. The molecule has 67 heavy (non-hydrogen) atoms. The maximum atomic E-state index is 12.3. The monoisotopic (exact) mass is 972 g/mol. The van der Waals surface area contributed by atoms with Crippen LogP contribution in [0, 0.1) is 11.8 Å². The Morgan fingerprint density at radius 3 is 1.48 bits per heavy atom. The van der Waals surface area contributed by atoms with Crippen molar-refractivity contribution in [1.29, 1.82) is 0 Å². The summed E-state index contributed by atoms with van der Waals surface area (Å²) in [5, 5.41) is 15.5. The highest BCUT2D eigenvalue weighted by Crippen LogP contribution is 2.29. The summed E-state index contributed by atoms with van der Waals surface area (Å²) < 4.78 is 96.9. The van der Waals surface area contributed by atoms with Crippen molar-refractivity contribution >= 4 is 47.6 Å². The fourth-order valence-corrected chi connectivity index (χ4v) is 7.48. The van der Waals surface area contributed by atoms with Crippen LogP contribution in [0.25, 0.3) is 0 Å². The van der Waals surface area contributed by atoms with Gasteiger partial charge in [0.15, 0.2) is 0 Å². The van der Waals surface area contributed by atoms with E-state index in [1.807, 2.05) is 11.0 Å². The van der Waals surface area contributed by atoms with Gasteiger partial charge >= 0.3 is 36.7 Å². The Morgan fingerprint density at radius 2 is 1.10 bits per heavy atom. The second-order valence-corrected chi connectivity index (χ2v) is 15.4. The van der Waals surface area contributed by atoms with Crippen molar-refractivity contribution in [1.82, 2.24) is 19.9 Å². The number of hydrogen-bond donors (Lipinski definition) is 3. The van der Waals surface area contributed by atoms with Crippen molar-refractivity contribution < 1.29 is 64.7 Å². The normalized spacial score (nSPS) is 16.1. The molecular formula is C44H55ClF6N8O8. The average Bonchev–Trinajstić information content (AvgIpc) is 3.26. The van der Waals surface area contributed by atoms with Gasteiger partial charge in [-0.25, -0.2) is 0 Å². The van der Waals surface area contributed by atoms with Gasteiger partial charge in [0.1, 0.15) is 34.8 Å². The molecule has 0 bridgehead atoms. The van der Waals surface area contributed by atoms with E-state index >= 15 is 0 Å². The molecule has 4 heterocycles. The van der Waals surface area contributed by atoms with Crippen LogP contribution in [0.4, 0.5) is 49.6 Å². The Labute approximate surface area is 390 Å². The van der Waals surface area contributed by atoms with Gasteiger partial charge in [-0.15, -0.1) is 38.7 Å². The van der Waals surface area contributed by atoms with Gasteiger partial charge < -0.3 is 49.2 Å². The van der Waals surface area contributed by atoms with Gasteiger partial charge in [0.05, 0.1) is 27.2 Å². The number of aromatic nitrogens is 4. The lowest BCUT2D eigenvalue weighted by Gasteiger charge is -2.33. The molecule has 0 radical (unpaired) electrons. The van der Waals surface area contributed by atoms with E-state index in [-0.39, 0.29) is 60.2 Å². The minimum atomic E-state index is -4.71. The summed E-state index contributed by atoms with van der Waals surface area (Å²) in [7, 11) is 2.96. The van der Waals surface area contributed by atoms with Gasteiger partial charge in [-0.3, -0.25) is 9.59 Å². The molecule has 2 aliphatic rings. The molecule has 23 heteroatoms. The highest BCUT2D eigenvalue weighted by Gasteiger charge is 2.32. The van der Waals surface area contributed by atoms with E-state index in [4.69, 9.17) is 19.3 Å². The Kier molecular flexibility index (Phi) is 20.5. The number of nitrogens with one attached hydrogen (secondary N) is 2. The second-order valence-electron chi connectivity index (χ2n) is 15.4. The van der Waals surface area contributed by atoms with Crippen molar-refractivity contribution in [2.24, 2.45) is 11.8 Å². The predicted molar refractivity (Wildman–Crippen MR) is 238 cm³/mol. The molecule has 3 N–H and O–H groups in total. The Bertz CT molecular complexity index is 2160. The topological polar surface area (TPSA) is 183 Å². The number of ether oxygens (including phenoxy) is 5. The molecule has 4 aromatic rings. The lowest BCUT2D eigenvalue weighted by Crippen LogP contribution is -2.37. The number of carbonyl (C=O) groups is 2. The zero-order valence-corrected chi connectivity index (χ0v) is 38.0. The van der Waals surface area contributed by atoms with Crippen molar-refractivity contribution in [3.8, 4) is 23.5 Å². The standard InChI is InChI=1S/C23H29F3N4O4.C21H25F3N4O4.ClH/c1-3-33-21(31)13-17-5-4-12-30(15-17)20-14-19(28-22(29-20)32-2)27-11-10-16-6-8-18(9-7-16)34-23(24,25)26;1-31-20-26-17(12-18(27-20)28-10-2-3-15(13-28)11-19(29)30)25-9-8-14-4-6-16(7-5-14)32-21(22,23)24;/h6-9,14,17H,3-5,10-13,15H2,1-2H3,(H,27,28,29);4-7,12,15H,2-3,8-11,13H2,1H3,(H,29,30)(H,25,26,27);1H/t17-;15-;/m00./s1. The van der Waals surface area contributed by atoms with Crippen molar-refractivity contribution in [3.63, 3.8) is 0 Å². The van der Waals surface area contributed by atoms with Crippen LogP contribution in [0.2, 0.25) is 0 Å². The number of methoxy groups -OCH3 is 2. The maximum absolute atomic E-state index is 12.3. The Morgan fingerprint density at radius 1 is 0.687 bits per heavy atom. The maximum Gasteiger partial charge on any atom is 0.573 e. The molecule has 0 spiro atoms. The molecule has 2 atom stereocenters. The molecule has 2 fully saturated rings. The predicted octanol–water partition coefficient (Wildman–Crippen LogP) is 8.36. The number of carboxylic acid groups (broad SMARTS) is 1. The number of piperidine rings is 2. The smallest absolute Gasteiger partial charge is 0.481 e. The fourth-order valence-electron chi connectivity index (χ4n) is 7.48. The first-order valence-electron chi connectivity index (χ1n) is 21.4. The van der Waals surface area contributed by atoms with Crippen LogP contribution < -0.4 is 39.4 Å². The summed E-state index contributed by atoms with van der Waals surface area (Å²) in [6.45, 7) is 6.02. The van der Waals surface area contributed by atoms with Gasteiger partial charge in [0, 0.05) is 57.8 Å². The summed E-state index contributed by atoms with van der Waals surface area (Å²) in [5.41, 5.74) is 1.68. The van der Waals surface area contributed by atoms with E-state index in [1.165, 1.54) is 38.5 Å². The summed E-state index contributed by atoms with van der Waals surface area (Å²) in [6, 6.07) is 15.5. The van der Waals surface area contributed by atoms with Crippen molar-refractivity contribution in [3.05, 3.63) is 71.8 Å². The molecule has 16 nitrogen and oxygen atoms in total. The third-order valence-electron chi connectivity index (χ3n) is 10.4. The summed E-state index contributed by atoms with van der Waals surface area (Å²) in [6.07, 6.45) is -4.17. The summed E-state index contributed by atoms with van der Waals surface area (Å²) in [5.74, 6) is 1.22. The second kappa shape index (κ2) is 25.6. The first-order valence-corrected chi connectivity index (χ1v) is 21.4. The number of benzene rings is 2. The zero-order chi connectivity index (χ0) is 47.7. The number of hydrogen-bond acceptors (Lipinski definition) is 15. The van der Waals surface area contributed by atoms with E-state index in [9.17, 15) is 35.9 Å². The molecule has 2 saturated heterocycles. The third kappa shape index (κ3) is 18.9. The molecule has 2 aliphatic heterocycles. The molecule has 0 amide bonds. The minimum absolute atomic E-state index is 0.